The zero-order valence-corrected chi connectivity index (χ0v) is 45.9. The van der Waals surface area contributed by atoms with Crippen molar-refractivity contribution in [3.63, 3.8) is 0 Å². The molecule has 12 heteroatoms. The third-order valence-corrected chi connectivity index (χ3v) is 18.5. The number of ether oxygens (including phenoxy) is 1. The summed E-state index contributed by atoms with van der Waals surface area (Å²) in [6.07, 6.45) is 26.0. The Kier molecular flexibility index (Phi) is 15.2. The van der Waals surface area contributed by atoms with Crippen LogP contribution in [0.2, 0.25) is 0 Å². The fourth-order valence-corrected chi connectivity index (χ4v) is 14.7. The smallest absolute Gasteiger partial charge is 0.407 e. The summed E-state index contributed by atoms with van der Waals surface area (Å²) in [4.78, 5) is 63.6. The highest BCUT2D eigenvalue weighted by Crippen LogP contribution is 2.51. The lowest BCUT2D eigenvalue weighted by Gasteiger charge is -2.37. The summed E-state index contributed by atoms with van der Waals surface area (Å²) < 4.78 is 4.95. The van der Waals surface area contributed by atoms with Gasteiger partial charge in [0.15, 0.2) is 0 Å². The van der Waals surface area contributed by atoms with E-state index in [-0.39, 0.29) is 59.3 Å². The van der Waals surface area contributed by atoms with Crippen LogP contribution in [0.5, 0.6) is 0 Å². The highest BCUT2D eigenvalue weighted by atomic mass is 16.5. The van der Waals surface area contributed by atoms with Gasteiger partial charge in [-0.2, -0.15) is 0 Å². The van der Waals surface area contributed by atoms with Gasteiger partial charge in [-0.05, 0) is 171 Å². The van der Waals surface area contributed by atoms with E-state index in [1.165, 1.54) is 66.2 Å². The summed E-state index contributed by atoms with van der Waals surface area (Å²) in [7, 11) is 3.26. The maximum Gasteiger partial charge on any atom is 0.407 e. The Balaban J connectivity index is 0.925. The van der Waals surface area contributed by atoms with Gasteiger partial charge in [0.25, 0.3) is 0 Å². The van der Waals surface area contributed by atoms with E-state index < -0.39 is 12.1 Å². The number of hydrogen-bond donors (Lipinski definition) is 4. The van der Waals surface area contributed by atoms with Gasteiger partial charge < -0.3 is 35.1 Å². The van der Waals surface area contributed by atoms with Crippen LogP contribution in [0.3, 0.4) is 0 Å². The number of amides is 3. The molecular weight excluding hydrogens is 921 g/mol. The highest BCUT2D eigenvalue weighted by molar-refractivity contribution is 5.88. The van der Waals surface area contributed by atoms with Crippen molar-refractivity contribution in [2.75, 3.05) is 14.2 Å². The Morgan fingerprint density at radius 2 is 1.41 bits per heavy atom. The molecule has 11 rings (SSSR count). The quantitative estimate of drug-likeness (QED) is 0.117. The van der Waals surface area contributed by atoms with Gasteiger partial charge in [-0.15, -0.1) is 0 Å². The fraction of sp³-hybridized carbons (Fsp3) is 0.597. The largest absolute Gasteiger partial charge is 0.453 e. The average Bonchev–Trinajstić information content (AvgIpc) is 4.20. The number of benzene rings is 2. The molecule has 2 aromatic carbocycles. The minimum absolute atomic E-state index is 0.0155. The van der Waals surface area contributed by atoms with E-state index in [1.807, 2.05) is 20.9 Å². The highest BCUT2D eigenvalue weighted by Gasteiger charge is 2.50. The molecule has 4 aromatic rings. The third kappa shape index (κ3) is 10.1. The molecule has 12 nitrogen and oxygen atoms in total. The zero-order chi connectivity index (χ0) is 52.0. The molecule has 396 valence electrons. The van der Waals surface area contributed by atoms with Crippen molar-refractivity contribution in [1.82, 2.24) is 40.4 Å². The molecule has 4 N–H and O–H groups in total. The van der Waals surface area contributed by atoms with Crippen molar-refractivity contribution in [3.05, 3.63) is 94.6 Å². The second-order valence-corrected chi connectivity index (χ2v) is 24.2. The molecule has 3 unspecified atom stereocenters. The number of nitrogens with zero attached hydrogens (tertiary/aromatic N) is 4. The van der Waals surface area contributed by atoms with E-state index in [2.05, 4.69) is 126 Å². The Bertz CT molecular complexity index is 2870. The molecule has 0 radical (unpaired) electrons. The molecule has 2 aromatic heterocycles. The predicted molar refractivity (Wildman–Crippen MR) is 297 cm³/mol. The molecule has 2 saturated heterocycles. The van der Waals surface area contributed by atoms with E-state index in [1.54, 1.807) is 0 Å². The molecule has 2 saturated carbocycles. The van der Waals surface area contributed by atoms with Crippen LogP contribution in [0.15, 0.2) is 71.8 Å². The summed E-state index contributed by atoms with van der Waals surface area (Å²) in [5.41, 5.74) is 11.8. The van der Waals surface area contributed by atoms with Crippen LogP contribution in [-0.4, -0.2) is 86.0 Å². The van der Waals surface area contributed by atoms with E-state index in [0.717, 1.165) is 111 Å². The van der Waals surface area contributed by atoms with Crippen LogP contribution in [0.1, 0.15) is 186 Å². The van der Waals surface area contributed by atoms with Gasteiger partial charge >= 0.3 is 6.09 Å². The fourth-order valence-electron chi connectivity index (χ4n) is 14.7. The monoisotopic (exact) mass is 1000 g/mol. The first-order valence-electron chi connectivity index (χ1n) is 28.6. The first kappa shape index (κ1) is 52.0. The van der Waals surface area contributed by atoms with Crippen molar-refractivity contribution in [2.24, 2.45) is 35.0 Å². The molecule has 7 aliphatic rings. The molecule has 4 heterocycles. The number of fused-ring (bicyclic) bond motifs is 11. The van der Waals surface area contributed by atoms with Crippen LogP contribution in [0.4, 0.5) is 4.79 Å². The molecular formula is C62H84N8O4. The number of H-pyrrole nitrogens is 2. The van der Waals surface area contributed by atoms with Gasteiger partial charge in [-0.25, -0.2) is 14.8 Å². The van der Waals surface area contributed by atoms with Crippen LogP contribution in [0, 0.1) is 35.0 Å². The Morgan fingerprint density at radius 3 is 2.00 bits per heavy atom. The Labute approximate surface area is 440 Å². The van der Waals surface area contributed by atoms with Crippen molar-refractivity contribution in [1.29, 1.82) is 0 Å². The second kappa shape index (κ2) is 21.6. The molecule has 4 fully saturated rings. The number of aromatic amines is 2. The van der Waals surface area contributed by atoms with Crippen LogP contribution >= 0.6 is 0 Å². The number of allylic oxidation sites excluding steroid dienone is 8. The third-order valence-electron chi connectivity index (χ3n) is 18.5. The van der Waals surface area contributed by atoms with Gasteiger partial charge in [0.2, 0.25) is 11.8 Å². The van der Waals surface area contributed by atoms with Gasteiger partial charge in [0.1, 0.15) is 17.7 Å². The normalized spacial score (nSPS) is 29.3. The summed E-state index contributed by atoms with van der Waals surface area (Å²) in [5.74, 6) is 3.42. The van der Waals surface area contributed by atoms with Crippen LogP contribution in [0.25, 0.3) is 33.2 Å². The number of likely N-dealkylation sites (tertiary alicyclic amines) is 2. The van der Waals surface area contributed by atoms with Gasteiger partial charge in [-0.3, -0.25) is 9.59 Å². The van der Waals surface area contributed by atoms with Crippen molar-refractivity contribution < 1.29 is 19.1 Å². The SMILES string of the molecule is CC/C(=C1\C=C/C[C@H](C)CC2(C)CC=C(C=C2c2ccc3nc([C@@H]4C[C@@H]5CCCC[C@@H]5N4C(=O)C(NC)C(C)C)[nH]c3c2)CC1)c1ccc2nc([C@@H]3C[C@@H]4CCCC[C@@H]4N3C(=O)C(NC(=O)OC)C(C)C)[nH]c2c1. The lowest BCUT2D eigenvalue weighted by Crippen LogP contribution is -2.53. The molecule has 0 spiro atoms. The number of carbonyl (C=O) groups excluding carboxylic acids is 3. The number of likely N-dealkylation sites (N-methyl/N-ethyl adjacent to an activating group) is 1. The van der Waals surface area contributed by atoms with Crippen LogP contribution in [-0.2, 0) is 14.3 Å². The molecule has 2 aliphatic heterocycles. The lowest BCUT2D eigenvalue weighted by atomic mass is 9.67. The van der Waals surface area contributed by atoms with Gasteiger partial charge in [0.05, 0.1) is 47.3 Å². The molecule has 2 bridgehead atoms. The number of hydrogen-bond acceptors (Lipinski definition) is 7. The molecule has 5 aliphatic carbocycles. The molecule has 10 atom stereocenters. The number of imidazole rings is 2. The van der Waals surface area contributed by atoms with Gasteiger partial charge in [0, 0.05) is 12.1 Å². The number of rotatable bonds is 11. The summed E-state index contributed by atoms with van der Waals surface area (Å²) in [6.45, 7) is 15.4. The van der Waals surface area contributed by atoms with E-state index in [4.69, 9.17) is 14.7 Å². The minimum Gasteiger partial charge on any atom is -0.453 e. The number of nitrogens with one attached hydrogen (secondary N) is 4. The average molecular weight is 1010 g/mol. The lowest BCUT2D eigenvalue weighted by molar-refractivity contribution is -0.139. The van der Waals surface area contributed by atoms with Crippen molar-refractivity contribution in [3.8, 4) is 0 Å². The minimum atomic E-state index is -0.683. The standard InChI is InChI=1S/C62H84N8O4/c1-10-45(41-24-26-47-49(31-41)66-58(64-47)54-34-44-18-12-14-21-52(44)70(54)60(72)56(37(4)5)68-61(73)74-9)40-19-15-16-38(6)35-62(7)29-28-39(22-23-40)30-46(62)42-25-27-48-50(32-42)67-57(65-48)53-33-43-17-11-13-20-51(43)69(53)59(71)55(63-8)36(2)3/h15,19,24-28,30-32,36-38,43-44,51-56,63H,10-14,16-18,20-23,29,33-35H2,1-9H3,(H,64,66)(H,65,67)(H,68,73)/b19-15-,45-40-/t38-,43-,44-,51-,52-,53-,54-,55?,56?,62?/m0/s1. The van der Waals surface area contributed by atoms with E-state index in [9.17, 15) is 14.4 Å². The maximum absolute atomic E-state index is 14.5. The maximum atomic E-state index is 14.5. The van der Waals surface area contributed by atoms with Crippen molar-refractivity contribution >= 4 is 51.1 Å². The summed E-state index contributed by atoms with van der Waals surface area (Å²) >= 11 is 0. The predicted octanol–water partition coefficient (Wildman–Crippen LogP) is 13.1. The first-order valence-corrected chi connectivity index (χ1v) is 28.6. The topological polar surface area (TPSA) is 148 Å². The Hall–Kier alpha value is -5.49. The number of alkyl carbamates (subject to hydrolysis) is 1. The molecule has 3 amide bonds. The number of aromatic nitrogens is 4. The zero-order valence-electron chi connectivity index (χ0n) is 45.9. The number of carbonyl (C=O) groups is 3. The van der Waals surface area contributed by atoms with Crippen molar-refractivity contribution in [2.45, 2.75) is 187 Å². The van der Waals surface area contributed by atoms with Crippen LogP contribution < -0.4 is 10.6 Å². The summed E-state index contributed by atoms with van der Waals surface area (Å²) in [6, 6.07) is 12.8. The number of methoxy groups -OCH3 is 1. The van der Waals surface area contributed by atoms with Gasteiger partial charge in [-0.1, -0.05) is 116 Å². The van der Waals surface area contributed by atoms with E-state index in [0.29, 0.717) is 17.8 Å². The first-order chi connectivity index (χ1) is 35.7. The van der Waals surface area contributed by atoms with E-state index >= 15 is 0 Å². The molecule has 74 heavy (non-hydrogen) atoms. The second-order valence-electron chi connectivity index (χ2n) is 24.2. The summed E-state index contributed by atoms with van der Waals surface area (Å²) in [5, 5.41) is 6.21. The Morgan fingerprint density at radius 1 is 0.811 bits per heavy atom.